The van der Waals surface area contributed by atoms with Crippen LogP contribution in [0.25, 0.3) is 22.3 Å². The third-order valence-corrected chi connectivity index (χ3v) is 3.85. The molecule has 0 amide bonds. The maximum Gasteiger partial charge on any atom is 0.194 e. The molecule has 0 atom stereocenters. The van der Waals surface area contributed by atoms with Crippen molar-refractivity contribution in [2.45, 2.75) is 0 Å². The fraction of sp³-hybridized carbons (Fsp3) is 0. The second-order valence-electron chi connectivity index (χ2n) is 5.72. The normalized spacial score (nSPS) is 10.9. The highest BCUT2D eigenvalue weighted by molar-refractivity contribution is 5.93. The Balaban J connectivity index is 1.88. The van der Waals surface area contributed by atoms with Gasteiger partial charge in [-0.15, -0.1) is 0 Å². The van der Waals surface area contributed by atoms with Crippen molar-refractivity contribution in [3.8, 4) is 17.1 Å². The molecule has 0 aliphatic heterocycles. The van der Waals surface area contributed by atoms with Crippen molar-refractivity contribution in [1.82, 2.24) is 15.0 Å². The Hall–Kier alpha value is -3.68. The molecular weight excluding hydrogens is 357 g/mol. The van der Waals surface area contributed by atoms with Crippen LogP contribution in [-0.2, 0) is 0 Å². The van der Waals surface area contributed by atoms with Gasteiger partial charge in [-0.1, -0.05) is 0 Å². The molecule has 4 aromatic rings. The van der Waals surface area contributed by atoms with E-state index in [1.165, 1.54) is 12.1 Å². The summed E-state index contributed by atoms with van der Waals surface area (Å²) in [6.07, 6.45) is 3.18. The molecule has 27 heavy (non-hydrogen) atoms. The predicted octanol–water partition coefficient (Wildman–Crippen LogP) is 4.56. The molecule has 0 saturated carbocycles. The summed E-state index contributed by atoms with van der Waals surface area (Å²) in [6.45, 7) is 0. The molecule has 134 valence electrons. The number of aromatic hydroxyl groups is 1. The first kappa shape index (κ1) is 16.8. The molecule has 0 unspecified atom stereocenters. The van der Waals surface area contributed by atoms with Crippen molar-refractivity contribution in [1.29, 1.82) is 0 Å². The largest absolute Gasteiger partial charge is 0.508 e. The predicted molar refractivity (Wildman–Crippen MR) is 94.0 cm³/mol. The fourth-order valence-electron chi connectivity index (χ4n) is 2.60. The fourth-order valence-corrected chi connectivity index (χ4v) is 2.60. The molecule has 5 nitrogen and oxygen atoms in total. The molecule has 0 radical (unpaired) electrons. The standard InChI is InChI=1S/C19H11F3N4O/c20-14-6-11(7-15(21)17(14)22)24-19-13-8-12(27)3-4-16(13)25-18(26-19)10-2-1-5-23-9-10/h1-9,27H,(H,24,25,26). The van der Waals surface area contributed by atoms with Crippen LogP contribution in [0, 0.1) is 17.5 Å². The molecule has 8 heteroatoms. The molecule has 2 heterocycles. The van der Waals surface area contributed by atoms with Crippen LogP contribution in [0.2, 0.25) is 0 Å². The average molecular weight is 368 g/mol. The minimum Gasteiger partial charge on any atom is -0.508 e. The van der Waals surface area contributed by atoms with Crippen LogP contribution in [0.3, 0.4) is 0 Å². The van der Waals surface area contributed by atoms with E-state index in [4.69, 9.17) is 0 Å². The number of anilines is 2. The van der Waals surface area contributed by atoms with Crippen molar-refractivity contribution in [2.24, 2.45) is 0 Å². The van der Waals surface area contributed by atoms with Crippen LogP contribution in [0.5, 0.6) is 5.75 Å². The van der Waals surface area contributed by atoms with Crippen LogP contribution in [0.1, 0.15) is 0 Å². The summed E-state index contributed by atoms with van der Waals surface area (Å²) in [4.78, 5) is 12.8. The van der Waals surface area contributed by atoms with E-state index < -0.39 is 17.5 Å². The summed E-state index contributed by atoms with van der Waals surface area (Å²) in [5.41, 5.74) is 1.09. The van der Waals surface area contributed by atoms with Gasteiger partial charge < -0.3 is 10.4 Å². The Kier molecular flexibility index (Phi) is 4.08. The highest BCUT2D eigenvalue weighted by atomic mass is 19.2. The number of pyridine rings is 1. The van der Waals surface area contributed by atoms with Gasteiger partial charge in [0.25, 0.3) is 0 Å². The third kappa shape index (κ3) is 3.24. The van der Waals surface area contributed by atoms with Gasteiger partial charge in [0, 0.05) is 41.2 Å². The Labute approximate surface area is 151 Å². The van der Waals surface area contributed by atoms with E-state index in [1.807, 2.05) is 0 Å². The first-order valence-corrected chi connectivity index (χ1v) is 7.84. The van der Waals surface area contributed by atoms with Gasteiger partial charge in [0.05, 0.1) is 5.52 Å². The third-order valence-electron chi connectivity index (χ3n) is 3.85. The minimum atomic E-state index is -1.55. The van der Waals surface area contributed by atoms with Crippen LogP contribution in [0.4, 0.5) is 24.7 Å². The van der Waals surface area contributed by atoms with E-state index in [0.717, 1.165) is 12.1 Å². The molecule has 2 aromatic carbocycles. The van der Waals surface area contributed by atoms with Crippen LogP contribution < -0.4 is 5.32 Å². The number of benzene rings is 2. The number of hydrogen-bond donors (Lipinski definition) is 2. The lowest BCUT2D eigenvalue weighted by atomic mass is 10.2. The first-order valence-electron chi connectivity index (χ1n) is 7.84. The van der Waals surface area contributed by atoms with E-state index in [9.17, 15) is 18.3 Å². The van der Waals surface area contributed by atoms with E-state index in [-0.39, 0.29) is 17.3 Å². The van der Waals surface area contributed by atoms with Crippen LogP contribution >= 0.6 is 0 Å². The van der Waals surface area contributed by atoms with Crippen LogP contribution in [-0.4, -0.2) is 20.1 Å². The quantitative estimate of drug-likeness (QED) is 0.519. The van der Waals surface area contributed by atoms with Crippen molar-refractivity contribution < 1.29 is 18.3 Å². The lowest BCUT2D eigenvalue weighted by molar-refractivity contribution is 0.448. The SMILES string of the molecule is Oc1ccc2nc(-c3cccnc3)nc(Nc3cc(F)c(F)c(F)c3)c2c1. The first-order chi connectivity index (χ1) is 13.0. The number of fused-ring (bicyclic) bond motifs is 1. The van der Waals surface area contributed by atoms with Gasteiger partial charge in [-0.3, -0.25) is 4.98 Å². The summed E-state index contributed by atoms with van der Waals surface area (Å²) < 4.78 is 40.3. The highest BCUT2D eigenvalue weighted by Gasteiger charge is 2.14. The zero-order valence-electron chi connectivity index (χ0n) is 13.6. The molecule has 0 aliphatic carbocycles. The Bertz CT molecular complexity index is 1130. The van der Waals surface area contributed by atoms with Crippen molar-refractivity contribution >= 4 is 22.4 Å². The zero-order valence-corrected chi connectivity index (χ0v) is 13.6. The summed E-state index contributed by atoms with van der Waals surface area (Å²) in [6, 6.07) is 9.58. The molecule has 0 spiro atoms. The molecule has 0 bridgehead atoms. The van der Waals surface area contributed by atoms with Gasteiger partial charge in [0.1, 0.15) is 11.6 Å². The Morgan fingerprint density at radius 2 is 1.70 bits per heavy atom. The maximum atomic E-state index is 13.5. The molecule has 2 N–H and O–H groups in total. The van der Waals surface area contributed by atoms with E-state index in [0.29, 0.717) is 22.3 Å². The molecule has 0 saturated heterocycles. The van der Waals surface area contributed by atoms with Crippen molar-refractivity contribution in [3.63, 3.8) is 0 Å². The summed E-state index contributed by atoms with van der Waals surface area (Å²) in [5, 5.41) is 13.0. The Morgan fingerprint density at radius 3 is 2.41 bits per heavy atom. The van der Waals surface area contributed by atoms with Gasteiger partial charge in [-0.05, 0) is 30.3 Å². The second-order valence-corrected chi connectivity index (χ2v) is 5.72. The monoisotopic (exact) mass is 368 g/mol. The van der Waals surface area contributed by atoms with Crippen molar-refractivity contribution in [2.75, 3.05) is 5.32 Å². The number of phenols is 1. The molecule has 4 rings (SSSR count). The van der Waals surface area contributed by atoms with Gasteiger partial charge in [-0.25, -0.2) is 23.1 Å². The van der Waals surface area contributed by atoms with Gasteiger partial charge in [-0.2, -0.15) is 0 Å². The molecule has 0 fully saturated rings. The lowest BCUT2D eigenvalue weighted by Gasteiger charge is -2.12. The summed E-state index contributed by atoms with van der Waals surface area (Å²) in [7, 11) is 0. The zero-order chi connectivity index (χ0) is 19.0. The van der Waals surface area contributed by atoms with Crippen molar-refractivity contribution in [3.05, 3.63) is 72.3 Å². The summed E-state index contributed by atoms with van der Waals surface area (Å²) >= 11 is 0. The molecule has 0 aliphatic rings. The van der Waals surface area contributed by atoms with Gasteiger partial charge in [0.2, 0.25) is 0 Å². The number of halogens is 3. The van der Waals surface area contributed by atoms with Crippen LogP contribution in [0.15, 0.2) is 54.9 Å². The average Bonchev–Trinajstić information content (AvgIpc) is 2.67. The Morgan fingerprint density at radius 1 is 0.926 bits per heavy atom. The maximum absolute atomic E-state index is 13.5. The van der Waals surface area contributed by atoms with E-state index in [2.05, 4.69) is 20.3 Å². The highest BCUT2D eigenvalue weighted by Crippen LogP contribution is 2.30. The number of nitrogens with one attached hydrogen (secondary N) is 1. The minimum absolute atomic E-state index is 0.0280. The van der Waals surface area contributed by atoms with E-state index in [1.54, 1.807) is 30.6 Å². The number of rotatable bonds is 3. The second kappa shape index (κ2) is 6.56. The number of phenolic OH excluding ortho intramolecular Hbond substituents is 1. The molecular formula is C19H11F3N4O. The lowest BCUT2D eigenvalue weighted by Crippen LogP contribution is -2.01. The van der Waals surface area contributed by atoms with E-state index >= 15 is 0 Å². The number of hydrogen-bond acceptors (Lipinski definition) is 5. The smallest absolute Gasteiger partial charge is 0.194 e. The number of nitrogens with zero attached hydrogens (tertiary/aromatic N) is 3. The topological polar surface area (TPSA) is 70.9 Å². The molecule has 2 aromatic heterocycles. The number of aromatic nitrogens is 3. The van der Waals surface area contributed by atoms with Gasteiger partial charge in [0.15, 0.2) is 23.3 Å². The van der Waals surface area contributed by atoms with Gasteiger partial charge >= 0.3 is 0 Å². The summed E-state index contributed by atoms with van der Waals surface area (Å²) in [5.74, 6) is -3.72.